The summed E-state index contributed by atoms with van der Waals surface area (Å²) in [5, 5.41) is 1.13. The summed E-state index contributed by atoms with van der Waals surface area (Å²) < 4.78 is 5.34. The second kappa shape index (κ2) is 6.44. The zero-order valence-electron chi connectivity index (χ0n) is 11.8. The molecular weight excluding hydrogens is 297 g/mol. The molecule has 0 radical (unpaired) electrons. The monoisotopic (exact) mass is 315 g/mol. The third kappa shape index (κ3) is 3.53. The van der Waals surface area contributed by atoms with Crippen molar-refractivity contribution in [3.63, 3.8) is 0 Å². The molecule has 0 aromatic heterocycles. The first-order valence-electron chi connectivity index (χ1n) is 6.71. The maximum atomic E-state index is 12.6. The van der Waals surface area contributed by atoms with Crippen molar-refractivity contribution in [1.29, 1.82) is 0 Å². The van der Waals surface area contributed by atoms with Gasteiger partial charge in [-0.2, -0.15) is 0 Å². The number of hydrogen-bond donors (Lipinski definition) is 0. The maximum Gasteiger partial charge on any atom is 0.156 e. The van der Waals surface area contributed by atoms with Crippen LogP contribution >= 0.6 is 23.2 Å². The fourth-order valence-electron chi connectivity index (χ4n) is 2.35. The highest BCUT2D eigenvalue weighted by Gasteiger charge is 2.35. The molecule has 0 unspecified atom stereocenters. The van der Waals surface area contributed by atoms with Crippen LogP contribution < -0.4 is 0 Å². The van der Waals surface area contributed by atoms with Gasteiger partial charge in [0.25, 0.3) is 0 Å². The first kappa shape index (κ1) is 15.8. The first-order chi connectivity index (χ1) is 9.41. The van der Waals surface area contributed by atoms with Crippen LogP contribution in [0.1, 0.15) is 19.4 Å². The standard InChI is InChI=1S/C15H19Cl2NO2/c1-15(2,18-5-7-20-8-6-18)14(19)9-11-3-4-12(16)10-13(11)17/h3-4,10H,5-9H2,1-2H3. The van der Waals surface area contributed by atoms with E-state index in [4.69, 9.17) is 27.9 Å². The van der Waals surface area contributed by atoms with Crippen LogP contribution in [-0.2, 0) is 16.0 Å². The van der Waals surface area contributed by atoms with Gasteiger partial charge >= 0.3 is 0 Å². The lowest BCUT2D eigenvalue weighted by atomic mass is 9.91. The Hall–Kier alpha value is -0.610. The van der Waals surface area contributed by atoms with E-state index in [2.05, 4.69) is 4.90 Å². The van der Waals surface area contributed by atoms with Gasteiger partial charge in [-0.1, -0.05) is 29.3 Å². The average Bonchev–Trinajstić information content (AvgIpc) is 2.42. The second-order valence-corrected chi connectivity index (χ2v) is 6.34. The van der Waals surface area contributed by atoms with Crippen molar-refractivity contribution in [1.82, 2.24) is 4.90 Å². The summed E-state index contributed by atoms with van der Waals surface area (Å²) in [6, 6.07) is 5.25. The molecule has 20 heavy (non-hydrogen) atoms. The fraction of sp³-hybridized carbons (Fsp3) is 0.533. The number of ketones is 1. The van der Waals surface area contributed by atoms with E-state index in [1.54, 1.807) is 12.1 Å². The molecule has 1 fully saturated rings. The molecular formula is C15H19Cl2NO2. The highest BCUT2D eigenvalue weighted by Crippen LogP contribution is 2.25. The zero-order valence-corrected chi connectivity index (χ0v) is 13.3. The van der Waals surface area contributed by atoms with Gasteiger partial charge < -0.3 is 4.74 Å². The molecule has 0 bridgehead atoms. The number of ether oxygens (including phenoxy) is 1. The highest BCUT2D eigenvalue weighted by molar-refractivity contribution is 6.35. The summed E-state index contributed by atoms with van der Waals surface area (Å²) >= 11 is 12.0. The van der Waals surface area contributed by atoms with Gasteiger partial charge in [0.2, 0.25) is 0 Å². The quantitative estimate of drug-likeness (QED) is 0.854. The Balaban J connectivity index is 2.09. The van der Waals surface area contributed by atoms with Gasteiger partial charge in [-0.25, -0.2) is 0 Å². The van der Waals surface area contributed by atoms with Crippen LogP contribution in [0.25, 0.3) is 0 Å². The molecule has 1 aliphatic rings. The number of benzene rings is 1. The second-order valence-electron chi connectivity index (χ2n) is 5.49. The lowest BCUT2D eigenvalue weighted by molar-refractivity contribution is -0.131. The lowest BCUT2D eigenvalue weighted by Crippen LogP contribution is -2.54. The Morgan fingerprint density at radius 1 is 1.30 bits per heavy atom. The van der Waals surface area contributed by atoms with Crippen LogP contribution in [0.15, 0.2) is 18.2 Å². The molecule has 1 aliphatic heterocycles. The SMILES string of the molecule is CC(C)(C(=O)Cc1ccc(Cl)cc1Cl)N1CCOCC1. The molecule has 1 saturated heterocycles. The van der Waals surface area contributed by atoms with Crippen LogP contribution in [0.2, 0.25) is 10.0 Å². The smallest absolute Gasteiger partial charge is 0.156 e. The van der Waals surface area contributed by atoms with Crippen molar-refractivity contribution in [3.8, 4) is 0 Å². The summed E-state index contributed by atoms with van der Waals surface area (Å²) in [4.78, 5) is 14.8. The number of halogens is 2. The topological polar surface area (TPSA) is 29.5 Å². The van der Waals surface area contributed by atoms with E-state index in [1.165, 1.54) is 0 Å². The Morgan fingerprint density at radius 3 is 2.55 bits per heavy atom. The molecule has 2 rings (SSSR count). The van der Waals surface area contributed by atoms with Crippen LogP contribution in [0.5, 0.6) is 0 Å². The van der Waals surface area contributed by atoms with E-state index >= 15 is 0 Å². The number of Topliss-reactive ketones (excluding diaryl/α,β-unsaturated/α-hetero) is 1. The van der Waals surface area contributed by atoms with Gasteiger partial charge in [0.1, 0.15) is 0 Å². The predicted octanol–water partition coefficient (Wildman–Crippen LogP) is 3.22. The molecule has 1 aromatic carbocycles. The van der Waals surface area contributed by atoms with E-state index in [1.807, 2.05) is 19.9 Å². The first-order valence-corrected chi connectivity index (χ1v) is 7.47. The van der Waals surface area contributed by atoms with E-state index in [0.29, 0.717) is 29.7 Å². The van der Waals surface area contributed by atoms with Crippen molar-refractivity contribution in [2.75, 3.05) is 26.3 Å². The average molecular weight is 316 g/mol. The maximum absolute atomic E-state index is 12.6. The van der Waals surface area contributed by atoms with Gasteiger partial charge in [0, 0.05) is 29.6 Å². The third-order valence-electron chi connectivity index (χ3n) is 3.85. The summed E-state index contributed by atoms with van der Waals surface area (Å²) in [6.07, 6.45) is 0.320. The lowest BCUT2D eigenvalue weighted by Gasteiger charge is -2.39. The Kier molecular flexibility index (Phi) is 5.08. The molecule has 5 heteroatoms. The molecule has 0 aliphatic carbocycles. The van der Waals surface area contributed by atoms with Gasteiger partial charge in [0.15, 0.2) is 5.78 Å². The van der Waals surface area contributed by atoms with Crippen molar-refractivity contribution >= 4 is 29.0 Å². The van der Waals surface area contributed by atoms with Gasteiger partial charge in [-0.15, -0.1) is 0 Å². The predicted molar refractivity (Wildman–Crippen MR) is 81.6 cm³/mol. The number of rotatable bonds is 4. The molecule has 0 atom stereocenters. The number of carbonyl (C=O) groups is 1. The summed E-state index contributed by atoms with van der Waals surface area (Å²) in [7, 11) is 0. The van der Waals surface area contributed by atoms with E-state index in [-0.39, 0.29) is 5.78 Å². The van der Waals surface area contributed by atoms with Crippen molar-refractivity contribution in [2.45, 2.75) is 25.8 Å². The van der Waals surface area contributed by atoms with Crippen LogP contribution in [0.3, 0.4) is 0 Å². The normalized spacial score (nSPS) is 17.2. The van der Waals surface area contributed by atoms with E-state index < -0.39 is 5.54 Å². The molecule has 0 saturated carbocycles. The van der Waals surface area contributed by atoms with Gasteiger partial charge in [0.05, 0.1) is 18.8 Å². The minimum Gasteiger partial charge on any atom is -0.379 e. The third-order valence-corrected chi connectivity index (χ3v) is 4.44. The molecule has 0 amide bonds. The number of morpholine rings is 1. The summed E-state index contributed by atoms with van der Waals surface area (Å²) in [5.41, 5.74) is 0.314. The molecule has 110 valence electrons. The number of hydrogen-bond acceptors (Lipinski definition) is 3. The highest BCUT2D eigenvalue weighted by atomic mass is 35.5. The van der Waals surface area contributed by atoms with Gasteiger partial charge in [-0.05, 0) is 31.5 Å². The van der Waals surface area contributed by atoms with E-state index in [9.17, 15) is 4.79 Å². The van der Waals surface area contributed by atoms with Crippen molar-refractivity contribution < 1.29 is 9.53 Å². The minimum atomic E-state index is -0.507. The van der Waals surface area contributed by atoms with Crippen molar-refractivity contribution in [3.05, 3.63) is 33.8 Å². The van der Waals surface area contributed by atoms with Gasteiger partial charge in [-0.3, -0.25) is 9.69 Å². The largest absolute Gasteiger partial charge is 0.379 e. The minimum absolute atomic E-state index is 0.156. The Morgan fingerprint density at radius 2 is 1.95 bits per heavy atom. The molecule has 3 nitrogen and oxygen atoms in total. The zero-order chi connectivity index (χ0) is 14.8. The Bertz CT molecular complexity index is 497. The fourth-order valence-corrected chi connectivity index (χ4v) is 2.83. The van der Waals surface area contributed by atoms with Crippen LogP contribution in [0, 0.1) is 0 Å². The van der Waals surface area contributed by atoms with Crippen LogP contribution in [-0.4, -0.2) is 42.5 Å². The van der Waals surface area contributed by atoms with Crippen molar-refractivity contribution in [2.24, 2.45) is 0 Å². The molecule has 0 N–H and O–H groups in total. The number of carbonyl (C=O) groups excluding carboxylic acids is 1. The molecule has 1 heterocycles. The summed E-state index contributed by atoms with van der Waals surface area (Å²) in [5.74, 6) is 0.156. The van der Waals surface area contributed by atoms with Crippen LogP contribution in [0.4, 0.5) is 0 Å². The van der Waals surface area contributed by atoms with E-state index in [0.717, 1.165) is 18.7 Å². The molecule has 0 spiro atoms. The summed E-state index contributed by atoms with van der Waals surface area (Å²) in [6.45, 7) is 6.85. The number of nitrogens with zero attached hydrogens (tertiary/aromatic N) is 1. The molecule has 1 aromatic rings. The Labute approximate surface area is 129 Å².